The molecule has 0 aromatic heterocycles. The van der Waals surface area contributed by atoms with Crippen molar-refractivity contribution in [3.8, 4) is 0 Å². The third kappa shape index (κ3) is 3.61. The van der Waals surface area contributed by atoms with Crippen molar-refractivity contribution in [1.82, 2.24) is 5.32 Å². The zero-order chi connectivity index (χ0) is 10.5. The first-order valence-electron chi connectivity index (χ1n) is 6.35. The zero-order valence-corrected chi connectivity index (χ0v) is 10.1. The van der Waals surface area contributed by atoms with Crippen molar-refractivity contribution in [2.75, 3.05) is 13.2 Å². The van der Waals surface area contributed by atoms with Crippen LogP contribution in [0.5, 0.6) is 0 Å². The van der Waals surface area contributed by atoms with Crippen molar-refractivity contribution >= 4 is 11.6 Å². The molecule has 1 aliphatic heterocycles. The molecule has 1 heterocycles. The van der Waals surface area contributed by atoms with E-state index in [1.54, 1.807) is 0 Å². The van der Waals surface area contributed by atoms with E-state index >= 15 is 0 Å². The van der Waals surface area contributed by atoms with E-state index in [4.69, 9.17) is 16.3 Å². The first kappa shape index (κ1) is 11.7. The smallest absolute Gasteiger partial charge is 0.0699 e. The summed E-state index contributed by atoms with van der Waals surface area (Å²) in [5.74, 6) is 0. The van der Waals surface area contributed by atoms with Crippen molar-refractivity contribution in [2.24, 2.45) is 0 Å². The molecule has 1 saturated carbocycles. The highest BCUT2D eigenvalue weighted by molar-refractivity contribution is 6.21. The highest BCUT2D eigenvalue weighted by Crippen LogP contribution is 2.23. The third-order valence-electron chi connectivity index (χ3n) is 3.56. The molecular weight excluding hydrogens is 210 g/mol. The molecule has 1 N–H and O–H groups in total. The van der Waals surface area contributed by atoms with E-state index in [1.165, 1.54) is 44.9 Å². The first-order chi connectivity index (χ1) is 7.36. The van der Waals surface area contributed by atoms with Gasteiger partial charge in [0.25, 0.3) is 0 Å². The molecule has 2 aliphatic rings. The third-order valence-corrected chi connectivity index (χ3v) is 4.09. The summed E-state index contributed by atoms with van der Waals surface area (Å²) in [6.45, 7) is 1.94. The normalized spacial score (nSPS) is 37.8. The minimum atomic E-state index is 0.336. The molecule has 1 aliphatic carbocycles. The van der Waals surface area contributed by atoms with Crippen LogP contribution in [-0.4, -0.2) is 30.7 Å². The van der Waals surface area contributed by atoms with E-state index in [9.17, 15) is 0 Å². The number of ether oxygens (including phenoxy) is 1. The summed E-state index contributed by atoms with van der Waals surface area (Å²) in [7, 11) is 0. The Morgan fingerprint density at radius 2 is 1.87 bits per heavy atom. The van der Waals surface area contributed by atoms with Gasteiger partial charge in [-0.2, -0.15) is 0 Å². The second-order valence-corrected chi connectivity index (χ2v) is 5.36. The lowest BCUT2D eigenvalue weighted by molar-refractivity contribution is 0.0148. The molecule has 3 unspecified atom stereocenters. The van der Waals surface area contributed by atoms with E-state index in [1.807, 2.05) is 0 Å². The van der Waals surface area contributed by atoms with Crippen LogP contribution in [0.2, 0.25) is 0 Å². The van der Waals surface area contributed by atoms with Crippen LogP contribution in [0, 0.1) is 0 Å². The van der Waals surface area contributed by atoms with Crippen LogP contribution in [0.15, 0.2) is 0 Å². The van der Waals surface area contributed by atoms with Crippen molar-refractivity contribution in [3.05, 3.63) is 0 Å². The Morgan fingerprint density at radius 1 is 1.07 bits per heavy atom. The van der Waals surface area contributed by atoms with E-state index in [2.05, 4.69) is 5.32 Å². The van der Waals surface area contributed by atoms with Crippen molar-refractivity contribution in [1.29, 1.82) is 0 Å². The molecule has 3 atom stereocenters. The topological polar surface area (TPSA) is 21.3 Å². The summed E-state index contributed by atoms with van der Waals surface area (Å²) < 4.78 is 5.70. The Hall–Kier alpha value is 0.210. The number of rotatable bonds is 3. The molecule has 1 saturated heterocycles. The summed E-state index contributed by atoms with van der Waals surface area (Å²) in [6, 6.07) is 0.519. The standard InChI is InChI=1S/C12H22ClNO/c13-11-6-1-2-7-12(11)14-9-10-5-3-4-8-15-10/h10-12,14H,1-9H2. The Bertz CT molecular complexity index is 182. The van der Waals surface area contributed by atoms with Crippen molar-refractivity contribution in [3.63, 3.8) is 0 Å². The summed E-state index contributed by atoms with van der Waals surface area (Å²) >= 11 is 6.30. The number of hydrogen-bond acceptors (Lipinski definition) is 2. The fourth-order valence-corrected chi connectivity index (χ4v) is 2.94. The van der Waals surface area contributed by atoms with E-state index < -0.39 is 0 Å². The molecule has 88 valence electrons. The van der Waals surface area contributed by atoms with Gasteiger partial charge < -0.3 is 10.1 Å². The maximum absolute atomic E-state index is 6.30. The molecule has 3 heteroatoms. The fraction of sp³-hybridized carbons (Fsp3) is 1.00. The van der Waals surface area contributed by atoms with Gasteiger partial charge in [0.15, 0.2) is 0 Å². The van der Waals surface area contributed by atoms with Gasteiger partial charge in [-0.15, -0.1) is 11.6 Å². The summed E-state index contributed by atoms with van der Waals surface area (Å²) in [5.41, 5.74) is 0. The molecule has 2 fully saturated rings. The lowest BCUT2D eigenvalue weighted by Gasteiger charge is -2.30. The Kier molecular flexibility index (Phi) is 4.73. The molecular formula is C12H22ClNO. The van der Waals surface area contributed by atoms with Gasteiger partial charge >= 0.3 is 0 Å². The second kappa shape index (κ2) is 6.07. The van der Waals surface area contributed by atoms with E-state index in [0.29, 0.717) is 17.5 Å². The Morgan fingerprint density at radius 3 is 2.60 bits per heavy atom. The number of nitrogens with one attached hydrogen (secondary N) is 1. The van der Waals surface area contributed by atoms with Gasteiger partial charge in [-0.1, -0.05) is 12.8 Å². The highest BCUT2D eigenvalue weighted by Gasteiger charge is 2.24. The number of hydrogen-bond donors (Lipinski definition) is 1. The Labute approximate surface area is 97.7 Å². The predicted molar refractivity (Wildman–Crippen MR) is 63.5 cm³/mol. The van der Waals surface area contributed by atoms with Crippen LogP contribution in [-0.2, 0) is 4.74 Å². The monoisotopic (exact) mass is 231 g/mol. The molecule has 0 aromatic carbocycles. The molecule has 2 nitrogen and oxygen atoms in total. The molecule has 2 rings (SSSR count). The molecule has 0 amide bonds. The Balaban J connectivity index is 1.67. The SMILES string of the molecule is ClC1CCCCC1NCC1CCCCO1. The van der Waals surface area contributed by atoms with Crippen LogP contribution >= 0.6 is 11.6 Å². The maximum atomic E-state index is 6.30. The maximum Gasteiger partial charge on any atom is 0.0699 e. The van der Waals surface area contributed by atoms with Gasteiger partial charge in [0, 0.05) is 24.6 Å². The van der Waals surface area contributed by atoms with Crippen molar-refractivity contribution < 1.29 is 4.74 Å². The lowest BCUT2D eigenvalue weighted by atomic mass is 9.94. The van der Waals surface area contributed by atoms with Crippen LogP contribution in [0.3, 0.4) is 0 Å². The van der Waals surface area contributed by atoms with Crippen LogP contribution in [0.25, 0.3) is 0 Å². The first-order valence-corrected chi connectivity index (χ1v) is 6.79. The quantitative estimate of drug-likeness (QED) is 0.755. The fourth-order valence-electron chi connectivity index (χ4n) is 2.57. The molecule has 0 aromatic rings. The minimum Gasteiger partial charge on any atom is -0.377 e. The second-order valence-electron chi connectivity index (χ2n) is 4.80. The zero-order valence-electron chi connectivity index (χ0n) is 9.38. The summed E-state index contributed by atoms with van der Waals surface area (Å²) in [4.78, 5) is 0. The van der Waals surface area contributed by atoms with E-state index in [-0.39, 0.29) is 0 Å². The van der Waals surface area contributed by atoms with Gasteiger partial charge in [-0.25, -0.2) is 0 Å². The molecule has 0 spiro atoms. The van der Waals surface area contributed by atoms with Gasteiger partial charge in [0.1, 0.15) is 0 Å². The number of alkyl halides is 1. The van der Waals surface area contributed by atoms with Gasteiger partial charge in [-0.3, -0.25) is 0 Å². The lowest BCUT2D eigenvalue weighted by Crippen LogP contribution is -2.44. The average molecular weight is 232 g/mol. The van der Waals surface area contributed by atoms with Crippen LogP contribution in [0.4, 0.5) is 0 Å². The minimum absolute atomic E-state index is 0.336. The van der Waals surface area contributed by atoms with Gasteiger partial charge in [-0.05, 0) is 32.1 Å². The summed E-state index contributed by atoms with van der Waals surface area (Å²) in [5, 5.41) is 3.92. The van der Waals surface area contributed by atoms with Gasteiger partial charge in [0.2, 0.25) is 0 Å². The predicted octanol–water partition coefficient (Wildman–Crippen LogP) is 2.70. The number of halogens is 1. The molecule has 0 bridgehead atoms. The molecule has 0 radical (unpaired) electrons. The van der Waals surface area contributed by atoms with Crippen LogP contribution in [0.1, 0.15) is 44.9 Å². The molecule has 15 heavy (non-hydrogen) atoms. The van der Waals surface area contributed by atoms with E-state index in [0.717, 1.165) is 13.2 Å². The van der Waals surface area contributed by atoms with Crippen molar-refractivity contribution in [2.45, 2.75) is 62.5 Å². The average Bonchev–Trinajstić information content (AvgIpc) is 2.29. The largest absolute Gasteiger partial charge is 0.377 e. The van der Waals surface area contributed by atoms with Crippen LogP contribution < -0.4 is 5.32 Å². The summed E-state index contributed by atoms with van der Waals surface area (Å²) in [6.07, 6.45) is 9.24. The highest BCUT2D eigenvalue weighted by atomic mass is 35.5. The van der Waals surface area contributed by atoms with Gasteiger partial charge in [0.05, 0.1) is 6.10 Å².